The molecule has 2 N–H and O–H groups in total. The zero-order chi connectivity index (χ0) is 14.5. The van der Waals surface area contributed by atoms with Gasteiger partial charge in [0.15, 0.2) is 0 Å². The Kier molecular flexibility index (Phi) is 4.67. The van der Waals surface area contributed by atoms with Crippen molar-refractivity contribution in [1.29, 1.82) is 0 Å². The third kappa shape index (κ3) is 3.53. The van der Waals surface area contributed by atoms with E-state index in [2.05, 4.69) is 41.5 Å². The van der Waals surface area contributed by atoms with Gasteiger partial charge in [-0.2, -0.15) is 15.0 Å². The number of rotatable bonds is 5. The van der Waals surface area contributed by atoms with E-state index < -0.39 is 5.82 Å². The molecule has 20 heavy (non-hydrogen) atoms. The van der Waals surface area contributed by atoms with Gasteiger partial charge in [-0.15, -0.1) is 0 Å². The van der Waals surface area contributed by atoms with Crippen molar-refractivity contribution in [1.82, 2.24) is 15.0 Å². The third-order valence-electron chi connectivity index (χ3n) is 2.29. The number of hydrogen-bond donors (Lipinski definition) is 2. The second-order valence-electron chi connectivity index (χ2n) is 3.70. The molecule has 0 aliphatic carbocycles. The molecular weight excluding hydrogens is 329 g/mol. The lowest BCUT2D eigenvalue weighted by Crippen LogP contribution is -2.07. The fraction of sp³-hybridized carbons (Fsp3) is 0.250. The van der Waals surface area contributed by atoms with Gasteiger partial charge in [0.2, 0.25) is 11.9 Å². The zero-order valence-corrected chi connectivity index (χ0v) is 12.5. The van der Waals surface area contributed by atoms with Crippen LogP contribution in [0, 0.1) is 5.82 Å². The lowest BCUT2D eigenvalue weighted by Gasteiger charge is -2.09. The molecule has 2 rings (SSSR count). The first kappa shape index (κ1) is 14.4. The van der Waals surface area contributed by atoms with E-state index in [4.69, 9.17) is 4.74 Å². The fourth-order valence-corrected chi connectivity index (χ4v) is 1.76. The highest BCUT2D eigenvalue weighted by atomic mass is 79.9. The molecule has 0 aliphatic rings. The van der Waals surface area contributed by atoms with Crippen LogP contribution in [0.25, 0.3) is 0 Å². The monoisotopic (exact) mass is 341 g/mol. The smallest absolute Gasteiger partial charge is 0.323 e. The molecule has 0 aliphatic heterocycles. The minimum Gasteiger partial charge on any atom is -0.464 e. The minimum atomic E-state index is -0.413. The Labute approximate surface area is 123 Å². The van der Waals surface area contributed by atoms with Crippen LogP contribution in [-0.4, -0.2) is 28.6 Å². The third-order valence-corrected chi connectivity index (χ3v) is 2.78. The van der Waals surface area contributed by atoms with Crippen molar-refractivity contribution >= 4 is 33.5 Å². The maximum Gasteiger partial charge on any atom is 0.323 e. The van der Waals surface area contributed by atoms with E-state index in [-0.39, 0.29) is 17.6 Å². The number of nitrogens with zero attached hydrogens (tertiary/aromatic N) is 3. The van der Waals surface area contributed by atoms with Crippen molar-refractivity contribution in [3.8, 4) is 6.01 Å². The molecule has 1 heterocycles. The molecule has 8 heteroatoms. The predicted molar refractivity (Wildman–Crippen MR) is 77.9 cm³/mol. The lowest BCUT2D eigenvalue weighted by molar-refractivity contribution is 0.312. The predicted octanol–water partition coefficient (Wildman–Crippen LogP) is 2.96. The minimum absolute atomic E-state index is 0.173. The molecule has 0 radical (unpaired) electrons. The van der Waals surface area contributed by atoms with Crippen LogP contribution in [0.3, 0.4) is 0 Å². The van der Waals surface area contributed by atoms with Crippen molar-refractivity contribution in [2.24, 2.45) is 0 Å². The van der Waals surface area contributed by atoms with Crippen LogP contribution in [0.5, 0.6) is 6.01 Å². The SMILES string of the molecule is CCOc1nc(NC)nc(Nc2ccc(Br)cc2F)n1. The van der Waals surface area contributed by atoms with E-state index in [9.17, 15) is 4.39 Å². The maximum absolute atomic E-state index is 13.8. The van der Waals surface area contributed by atoms with Crippen molar-refractivity contribution < 1.29 is 9.13 Å². The summed E-state index contributed by atoms with van der Waals surface area (Å²) in [6.07, 6.45) is 0. The van der Waals surface area contributed by atoms with Crippen molar-refractivity contribution in [3.63, 3.8) is 0 Å². The molecule has 6 nitrogen and oxygen atoms in total. The van der Waals surface area contributed by atoms with E-state index in [1.54, 1.807) is 19.2 Å². The molecule has 0 amide bonds. The Hall–Kier alpha value is -1.96. The second kappa shape index (κ2) is 6.47. The van der Waals surface area contributed by atoms with Gasteiger partial charge in [-0.1, -0.05) is 15.9 Å². The summed E-state index contributed by atoms with van der Waals surface area (Å²) in [6, 6.07) is 4.83. The summed E-state index contributed by atoms with van der Waals surface area (Å²) in [4.78, 5) is 12.2. The molecule has 0 bridgehead atoms. The van der Waals surface area contributed by atoms with Gasteiger partial charge < -0.3 is 15.4 Å². The fourth-order valence-electron chi connectivity index (χ4n) is 1.43. The average molecular weight is 342 g/mol. The van der Waals surface area contributed by atoms with Crippen molar-refractivity contribution in [3.05, 3.63) is 28.5 Å². The molecule has 0 atom stereocenters. The number of halogens is 2. The first-order valence-electron chi connectivity index (χ1n) is 5.91. The molecule has 1 aromatic heterocycles. The standard InChI is InChI=1S/C12H13BrFN5O/c1-3-20-12-18-10(15-2)17-11(19-12)16-9-5-4-7(13)6-8(9)14/h4-6H,3H2,1-2H3,(H2,15,16,17,18,19). The first-order valence-corrected chi connectivity index (χ1v) is 6.70. The molecular formula is C12H13BrFN5O. The number of nitrogens with one attached hydrogen (secondary N) is 2. The van der Waals surface area contributed by atoms with Gasteiger partial charge in [-0.05, 0) is 25.1 Å². The van der Waals surface area contributed by atoms with Crippen LogP contribution in [0.15, 0.2) is 22.7 Å². The highest BCUT2D eigenvalue weighted by Gasteiger charge is 2.09. The molecule has 1 aromatic carbocycles. The molecule has 0 saturated heterocycles. The molecule has 0 saturated carbocycles. The largest absolute Gasteiger partial charge is 0.464 e. The second-order valence-corrected chi connectivity index (χ2v) is 4.61. The van der Waals surface area contributed by atoms with E-state index in [1.165, 1.54) is 6.07 Å². The number of ether oxygens (including phenoxy) is 1. The van der Waals surface area contributed by atoms with Gasteiger partial charge in [-0.25, -0.2) is 4.39 Å². The number of benzene rings is 1. The van der Waals surface area contributed by atoms with Crippen molar-refractivity contribution in [2.45, 2.75) is 6.92 Å². The quantitative estimate of drug-likeness (QED) is 0.871. The topological polar surface area (TPSA) is 72.0 Å². The zero-order valence-electron chi connectivity index (χ0n) is 10.9. The van der Waals surface area contributed by atoms with Crippen molar-refractivity contribution in [2.75, 3.05) is 24.3 Å². The van der Waals surface area contributed by atoms with Gasteiger partial charge in [0.25, 0.3) is 0 Å². The van der Waals surface area contributed by atoms with Gasteiger partial charge in [0, 0.05) is 11.5 Å². The molecule has 0 fully saturated rings. The lowest BCUT2D eigenvalue weighted by atomic mass is 10.3. The highest BCUT2D eigenvalue weighted by Crippen LogP contribution is 2.22. The summed E-state index contributed by atoms with van der Waals surface area (Å²) in [5.41, 5.74) is 0.268. The summed E-state index contributed by atoms with van der Waals surface area (Å²) in [6.45, 7) is 2.25. The summed E-state index contributed by atoms with van der Waals surface area (Å²) in [5.74, 6) is 0.126. The van der Waals surface area contributed by atoms with Crippen LogP contribution in [0.4, 0.5) is 22.0 Å². The normalized spacial score (nSPS) is 10.2. The number of aromatic nitrogens is 3. The molecule has 0 spiro atoms. The number of anilines is 3. The van der Waals surface area contributed by atoms with E-state index in [0.29, 0.717) is 17.0 Å². The molecule has 0 unspecified atom stereocenters. The highest BCUT2D eigenvalue weighted by molar-refractivity contribution is 9.10. The first-order chi connectivity index (χ1) is 9.62. The van der Waals surface area contributed by atoms with Crippen LogP contribution in [-0.2, 0) is 0 Å². The van der Waals surface area contributed by atoms with Crippen LogP contribution >= 0.6 is 15.9 Å². The van der Waals surface area contributed by atoms with Gasteiger partial charge in [-0.3, -0.25) is 0 Å². The average Bonchev–Trinajstić information content (AvgIpc) is 2.42. The number of hydrogen-bond acceptors (Lipinski definition) is 6. The van der Waals surface area contributed by atoms with Gasteiger partial charge >= 0.3 is 6.01 Å². The Morgan fingerprint density at radius 2 is 2.00 bits per heavy atom. The van der Waals surface area contributed by atoms with E-state index >= 15 is 0 Å². The van der Waals surface area contributed by atoms with E-state index in [1.807, 2.05) is 6.92 Å². The maximum atomic E-state index is 13.8. The Bertz CT molecular complexity index is 610. The Balaban J connectivity index is 2.29. The Morgan fingerprint density at radius 1 is 1.25 bits per heavy atom. The van der Waals surface area contributed by atoms with E-state index in [0.717, 1.165) is 0 Å². The molecule has 2 aromatic rings. The van der Waals surface area contributed by atoms with Crippen LogP contribution < -0.4 is 15.4 Å². The summed E-state index contributed by atoms with van der Waals surface area (Å²) < 4.78 is 19.6. The summed E-state index contributed by atoms with van der Waals surface area (Å²) in [7, 11) is 1.68. The van der Waals surface area contributed by atoms with Crippen LogP contribution in [0.1, 0.15) is 6.92 Å². The van der Waals surface area contributed by atoms with Crippen LogP contribution in [0.2, 0.25) is 0 Å². The summed E-state index contributed by atoms with van der Waals surface area (Å²) in [5, 5.41) is 5.59. The Morgan fingerprint density at radius 3 is 2.65 bits per heavy atom. The van der Waals surface area contributed by atoms with Gasteiger partial charge in [0.05, 0.1) is 12.3 Å². The van der Waals surface area contributed by atoms with Gasteiger partial charge in [0.1, 0.15) is 5.82 Å². The summed E-state index contributed by atoms with van der Waals surface area (Å²) >= 11 is 3.20. The molecule has 106 valence electrons.